The number of halogens is 4. The van der Waals surface area contributed by atoms with E-state index in [4.69, 9.17) is 11.6 Å². The predicted molar refractivity (Wildman–Crippen MR) is 92.9 cm³/mol. The summed E-state index contributed by atoms with van der Waals surface area (Å²) in [4.78, 5) is 5.72. The lowest BCUT2D eigenvalue weighted by atomic mass is 10.3. The van der Waals surface area contributed by atoms with Crippen LogP contribution in [0.4, 0.5) is 4.39 Å². The number of thiophene rings is 1. The maximum absolute atomic E-state index is 13.7. The van der Waals surface area contributed by atoms with Gasteiger partial charge in [0, 0.05) is 33.1 Å². The molecule has 0 aliphatic rings. The number of fused-ring (bicyclic) bond motifs is 1. The molecule has 0 radical (unpaired) electrons. The lowest BCUT2D eigenvalue weighted by Gasteiger charge is -2.07. The van der Waals surface area contributed by atoms with Crippen LogP contribution in [-0.4, -0.2) is 15.4 Å². The number of nitrogens with zero attached hydrogens (tertiary/aromatic N) is 2. The van der Waals surface area contributed by atoms with Crippen molar-refractivity contribution in [3.8, 4) is 0 Å². The molecule has 1 aromatic carbocycles. The fourth-order valence-corrected chi connectivity index (χ4v) is 4.15. The molecule has 3 aromatic rings. The zero-order chi connectivity index (χ0) is 15.0. The number of hydrogen-bond acceptors (Lipinski definition) is 2. The van der Waals surface area contributed by atoms with Crippen LogP contribution < -0.4 is 0 Å². The molecule has 0 N–H and O–H groups in total. The van der Waals surface area contributed by atoms with Gasteiger partial charge in [-0.05, 0) is 44.0 Å². The highest BCUT2D eigenvalue weighted by molar-refractivity contribution is 9.10. The van der Waals surface area contributed by atoms with E-state index in [0.29, 0.717) is 28.8 Å². The minimum Gasteiger partial charge on any atom is -0.323 e. The fourth-order valence-electron chi connectivity index (χ4n) is 2.21. The molecule has 0 fully saturated rings. The van der Waals surface area contributed by atoms with Crippen LogP contribution >= 0.6 is 54.8 Å². The Hall–Kier alpha value is -0.430. The van der Waals surface area contributed by atoms with Crippen LogP contribution in [0.5, 0.6) is 0 Å². The Bertz CT molecular complexity index is 800. The summed E-state index contributed by atoms with van der Waals surface area (Å²) in [5.74, 6) is 1.06. The van der Waals surface area contributed by atoms with Gasteiger partial charge < -0.3 is 4.57 Å². The van der Waals surface area contributed by atoms with E-state index < -0.39 is 0 Å². The molecular formula is C14H10Br2ClFN2S. The van der Waals surface area contributed by atoms with Crippen molar-refractivity contribution in [2.75, 3.05) is 5.88 Å². The van der Waals surface area contributed by atoms with Gasteiger partial charge in [-0.1, -0.05) is 0 Å². The second-order valence-electron chi connectivity index (χ2n) is 4.54. The Morgan fingerprint density at radius 3 is 2.76 bits per heavy atom. The van der Waals surface area contributed by atoms with E-state index in [1.807, 2.05) is 5.38 Å². The first kappa shape index (κ1) is 15.5. The number of hydrogen-bond donors (Lipinski definition) is 0. The van der Waals surface area contributed by atoms with Crippen molar-refractivity contribution >= 4 is 65.8 Å². The van der Waals surface area contributed by atoms with Crippen molar-refractivity contribution in [2.24, 2.45) is 0 Å². The van der Waals surface area contributed by atoms with Crippen LogP contribution in [-0.2, 0) is 13.0 Å². The zero-order valence-corrected chi connectivity index (χ0v) is 15.5. The van der Waals surface area contributed by atoms with Crippen molar-refractivity contribution in [1.29, 1.82) is 0 Å². The Kier molecular flexibility index (Phi) is 4.69. The van der Waals surface area contributed by atoms with Gasteiger partial charge in [0.15, 0.2) is 0 Å². The van der Waals surface area contributed by atoms with E-state index in [9.17, 15) is 4.39 Å². The molecule has 3 rings (SSSR count). The van der Waals surface area contributed by atoms with Gasteiger partial charge in [0.1, 0.15) is 11.6 Å². The molecule has 0 unspecified atom stereocenters. The molecule has 110 valence electrons. The molecule has 21 heavy (non-hydrogen) atoms. The van der Waals surface area contributed by atoms with Gasteiger partial charge in [-0.25, -0.2) is 9.37 Å². The molecule has 2 aromatic heterocycles. The number of imidazole rings is 1. The Morgan fingerprint density at radius 2 is 2.10 bits per heavy atom. The van der Waals surface area contributed by atoms with Crippen LogP contribution in [0, 0.1) is 5.82 Å². The first-order valence-corrected chi connectivity index (χ1v) is 9.21. The maximum atomic E-state index is 13.7. The van der Waals surface area contributed by atoms with E-state index in [2.05, 4.69) is 47.5 Å². The fraction of sp³-hybridized carbons (Fsp3) is 0.214. The minimum atomic E-state index is -0.302. The zero-order valence-electron chi connectivity index (χ0n) is 10.7. The summed E-state index contributed by atoms with van der Waals surface area (Å²) < 4.78 is 17.3. The standard InChI is InChI=1S/C14H10Br2ClFN2S/c15-8-3-9(21-7-8)6-20-13-4-10(16)11(18)5-12(13)19-14(20)1-2-17/h3-5,7H,1-2,6H2. The summed E-state index contributed by atoms with van der Waals surface area (Å²) in [6, 6.07) is 5.32. The Morgan fingerprint density at radius 1 is 1.29 bits per heavy atom. The van der Waals surface area contributed by atoms with Crippen molar-refractivity contribution in [3.63, 3.8) is 0 Å². The van der Waals surface area contributed by atoms with Crippen molar-refractivity contribution in [3.05, 3.63) is 49.0 Å². The van der Waals surface area contributed by atoms with Gasteiger partial charge in [0.25, 0.3) is 0 Å². The number of rotatable bonds is 4. The van der Waals surface area contributed by atoms with Gasteiger partial charge in [-0.15, -0.1) is 22.9 Å². The molecule has 0 saturated carbocycles. The average molecular weight is 453 g/mol. The highest BCUT2D eigenvalue weighted by Gasteiger charge is 2.14. The van der Waals surface area contributed by atoms with Crippen LogP contribution in [0.3, 0.4) is 0 Å². The smallest absolute Gasteiger partial charge is 0.139 e. The van der Waals surface area contributed by atoms with Crippen molar-refractivity contribution in [1.82, 2.24) is 9.55 Å². The Balaban J connectivity index is 2.12. The molecule has 0 aliphatic heterocycles. The third kappa shape index (κ3) is 3.18. The van der Waals surface area contributed by atoms with Gasteiger partial charge in [0.05, 0.1) is 22.1 Å². The van der Waals surface area contributed by atoms with Gasteiger partial charge >= 0.3 is 0 Å². The van der Waals surface area contributed by atoms with Gasteiger partial charge in [0.2, 0.25) is 0 Å². The molecule has 2 nitrogen and oxygen atoms in total. The van der Waals surface area contributed by atoms with E-state index in [0.717, 1.165) is 15.8 Å². The number of aryl methyl sites for hydroxylation is 1. The van der Waals surface area contributed by atoms with Crippen LogP contribution in [0.25, 0.3) is 11.0 Å². The van der Waals surface area contributed by atoms with Gasteiger partial charge in [-0.3, -0.25) is 0 Å². The highest BCUT2D eigenvalue weighted by Crippen LogP contribution is 2.27. The summed E-state index contributed by atoms with van der Waals surface area (Å²) in [6.45, 7) is 0.705. The quantitative estimate of drug-likeness (QED) is 0.472. The summed E-state index contributed by atoms with van der Waals surface area (Å²) in [5, 5.41) is 2.05. The third-order valence-electron chi connectivity index (χ3n) is 3.12. The summed E-state index contributed by atoms with van der Waals surface area (Å²) in [7, 11) is 0. The molecule has 0 saturated heterocycles. The molecule has 0 amide bonds. The van der Waals surface area contributed by atoms with E-state index in [1.165, 1.54) is 10.9 Å². The molecule has 2 heterocycles. The minimum absolute atomic E-state index is 0.302. The van der Waals surface area contributed by atoms with E-state index in [-0.39, 0.29) is 5.82 Å². The monoisotopic (exact) mass is 450 g/mol. The second-order valence-corrected chi connectivity index (χ2v) is 7.68. The topological polar surface area (TPSA) is 17.8 Å². The third-order valence-corrected chi connectivity index (χ3v) is 5.60. The first-order chi connectivity index (χ1) is 10.1. The van der Waals surface area contributed by atoms with E-state index in [1.54, 1.807) is 17.4 Å². The normalized spacial score (nSPS) is 11.4. The average Bonchev–Trinajstić information content (AvgIpc) is 2.97. The summed E-state index contributed by atoms with van der Waals surface area (Å²) in [6.07, 6.45) is 0.655. The second kappa shape index (κ2) is 6.36. The molecule has 0 spiro atoms. The van der Waals surface area contributed by atoms with Crippen molar-refractivity contribution in [2.45, 2.75) is 13.0 Å². The van der Waals surface area contributed by atoms with Crippen LogP contribution in [0.2, 0.25) is 0 Å². The molecule has 0 bridgehead atoms. The summed E-state index contributed by atoms with van der Waals surface area (Å²) >= 11 is 14.2. The number of benzene rings is 1. The first-order valence-electron chi connectivity index (χ1n) is 6.21. The molecule has 0 aliphatic carbocycles. The Labute approximate surface area is 147 Å². The molecule has 0 atom stereocenters. The lowest BCUT2D eigenvalue weighted by Crippen LogP contribution is -2.05. The lowest BCUT2D eigenvalue weighted by molar-refractivity contribution is 0.622. The number of alkyl halides is 1. The summed E-state index contributed by atoms with van der Waals surface area (Å²) in [5.41, 5.74) is 1.57. The van der Waals surface area contributed by atoms with Crippen LogP contribution in [0.1, 0.15) is 10.7 Å². The van der Waals surface area contributed by atoms with Crippen molar-refractivity contribution < 1.29 is 4.39 Å². The number of aromatic nitrogens is 2. The SMILES string of the molecule is Fc1cc2nc(CCCl)n(Cc3cc(Br)cs3)c2cc1Br. The van der Waals surface area contributed by atoms with Gasteiger partial charge in [-0.2, -0.15) is 0 Å². The maximum Gasteiger partial charge on any atom is 0.139 e. The largest absolute Gasteiger partial charge is 0.323 e. The molecule has 7 heteroatoms. The van der Waals surface area contributed by atoms with Crippen LogP contribution in [0.15, 0.2) is 32.5 Å². The highest BCUT2D eigenvalue weighted by atomic mass is 79.9. The molecular weight excluding hydrogens is 442 g/mol. The van der Waals surface area contributed by atoms with E-state index >= 15 is 0 Å². The predicted octanol–water partition coefficient (Wildman–Crippen LogP) is 5.59.